The molecule has 0 fully saturated rings. The molecule has 4 rings (SSSR count). The van der Waals surface area contributed by atoms with Gasteiger partial charge in [0.1, 0.15) is 12.1 Å². The Hall–Kier alpha value is -3.35. The maximum absolute atomic E-state index is 9.19. The standard InChI is InChI=1S/C21H16ClN5O/c1-2-17(27-10-9-16-18(27)8-7-15(12-24)19(16)22)21-26-25-20(28-21)14-5-3-13(11-23)4-6-14/h3-8,17H,2,9-10H2,1H3/t17-/m1/s1. The van der Waals surface area contributed by atoms with Crippen LogP contribution >= 0.6 is 11.6 Å². The lowest BCUT2D eigenvalue weighted by Crippen LogP contribution is -2.26. The first-order valence-electron chi connectivity index (χ1n) is 8.98. The van der Waals surface area contributed by atoms with Crippen LogP contribution in [0.5, 0.6) is 0 Å². The molecular formula is C21H16ClN5O. The largest absolute Gasteiger partial charge is 0.418 e. The van der Waals surface area contributed by atoms with Crippen molar-refractivity contribution in [1.82, 2.24) is 10.2 Å². The molecule has 0 N–H and O–H groups in total. The van der Waals surface area contributed by atoms with Crippen LogP contribution in [0.25, 0.3) is 11.5 Å². The highest BCUT2D eigenvalue weighted by atomic mass is 35.5. The zero-order valence-electron chi connectivity index (χ0n) is 15.2. The summed E-state index contributed by atoms with van der Waals surface area (Å²) in [5.41, 5.74) is 3.85. The Morgan fingerprint density at radius 2 is 1.93 bits per heavy atom. The number of rotatable bonds is 4. The van der Waals surface area contributed by atoms with Crippen LogP contribution in [0.1, 0.15) is 42.0 Å². The molecule has 0 bridgehead atoms. The molecule has 0 spiro atoms. The number of benzene rings is 2. The molecule has 2 aromatic carbocycles. The molecular weight excluding hydrogens is 374 g/mol. The van der Waals surface area contributed by atoms with Crippen LogP contribution in [0.2, 0.25) is 5.02 Å². The fourth-order valence-corrected chi connectivity index (χ4v) is 3.88. The Morgan fingerprint density at radius 3 is 2.61 bits per heavy atom. The number of anilines is 1. The number of fused-ring (bicyclic) bond motifs is 1. The topological polar surface area (TPSA) is 89.7 Å². The minimum atomic E-state index is -0.0788. The number of nitrogens with zero attached hydrogens (tertiary/aromatic N) is 5. The highest BCUT2D eigenvalue weighted by Gasteiger charge is 2.31. The van der Waals surface area contributed by atoms with E-state index in [9.17, 15) is 5.26 Å². The fourth-order valence-electron chi connectivity index (χ4n) is 3.58. The molecule has 1 aliphatic heterocycles. The number of aromatic nitrogens is 2. The highest BCUT2D eigenvalue weighted by molar-refractivity contribution is 6.33. The monoisotopic (exact) mass is 389 g/mol. The maximum Gasteiger partial charge on any atom is 0.247 e. The summed E-state index contributed by atoms with van der Waals surface area (Å²) < 4.78 is 5.97. The van der Waals surface area contributed by atoms with E-state index >= 15 is 0 Å². The van der Waals surface area contributed by atoms with Gasteiger partial charge in [-0.15, -0.1) is 10.2 Å². The SMILES string of the molecule is CC[C@H](c1nnc(-c2ccc(C#N)cc2)o1)N1CCc2c1ccc(C#N)c2Cl. The van der Waals surface area contributed by atoms with Crippen LogP contribution in [0.3, 0.4) is 0 Å². The maximum atomic E-state index is 9.19. The Balaban J connectivity index is 1.65. The van der Waals surface area contributed by atoms with E-state index < -0.39 is 0 Å². The predicted molar refractivity (Wildman–Crippen MR) is 105 cm³/mol. The minimum absolute atomic E-state index is 0.0788. The minimum Gasteiger partial charge on any atom is -0.418 e. The lowest BCUT2D eigenvalue weighted by molar-refractivity contribution is 0.436. The van der Waals surface area contributed by atoms with E-state index in [2.05, 4.69) is 34.2 Å². The Labute approximate surface area is 167 Å². The Bertz CT molecular complexity index is 1110. The first-order chi connectivity index (χ1) is 13.7. The molecule has 0 aliphatic carbocycles. The van der Waals surface area contributed by atoms with Gasteiger partial charge < -0.3 is 9.32 Å². The van der Waals surface area contributed by atoms with Crippen molar-refractivity contribution >= 4 is 17.3 Å². The van der Waals surface area contributed by atoms with Gasteiger partial charge in [0.15, 0.2) is 0 Å². The first kappa shape index (κ1) is 18.0. The molecule has 6 nitrogen and oxygen atoms in total. The van der Waals surface area contributed by atoms with Crippen LogP contribution < -0.4 is 4.90 Å². The van der Waals surface area contributed by atoms with Gasteiger partial charge in [0.25, 0.3) is 0 Å². The van der Waals surface area contributed by atoms with Gasteiger partial charge in [0.05, 0.1) is 22.2 Å². The molecule has 3 aromatic rings. The van der Waals surface area contributed by atoms with Gasteiger partial charge in [0, 0.05) is 17.8 Å². The van der Waals surface area contributed by atoms with Crippen molar-refractivity contribution in [2.75, 3.05) is 11.4 Å². The van der Waals surface area contributed by atoms with Gasteiger partial charge >= 0.3 is 0 Å². The molecule has 0 unspecified atom stereocenters. The second-order valence-electron chi connectivity index (χ2n) is 6.54. The summed E-state index contributed by atoms with van der Waals surface area (Å²) in [4.78, 5) is 2.21. The zero-order chi connectivity index (χ0) is 19.7. The van der Waals surface area contributed by atoms with E-state index in [0.717, 1.165) is 36.2 Å². The van der Waals surface area contributed by atoms with Crippen LogP contribution in [0.15, 0.2) is 40.8 Å². The third-order valence-corrected chi connectivity index (χ3v) is 5.43. The molecule has 1 atom stereocenters. The summed E-state index contributed by atoms with van der Waals surface area (Å²) in [6, 6.07) is 14.9. The summed E-state index contributed by atoms with van der Waals surface area (Å²) >= 11 is 6.40. The van der Waals surface area contributed by atoms with Crippen molar-refractivity contribution < 1.29 is 4.42 Å². The average molecular weight is 390 g/mol. The van der Waals surface area contributed by atoms with Crippen molar-refractivity contribution in [2.45, 2.75) is 25.8 Å². The van der Waals surface area contributed by atoms with Gasteiger partial charge in [-0.1, -0.05) is 18.5 Å². The van der Waals surface area contributed by atoms with Gasteiger partial charge in [-0.3, -0.25) is 0 Å². The number of hydrogen-bond donors (Lipinski definition) is 0. The molecule has 7 heteroatoms. The summed E-state index contributed by atoms with van der Waals surface area (Å²) in [6.45, 7) is 2.84. The molecule has 28 heavy (non-hydrogen) atoms. The quantitative estimate of drug-likeness (QED) is 0.645. The van der Waals surface area contributed by atoms with E-state index in [-0.39, 0.29) is 6.04 Å². The lowest BCUT2D eigenvalue weighted by Gasteiger charge is -2.26. The second kappa shape index (κ2) is 7.34. The Morgan fingerprint density at radius 1 is 1.14 bits per heavy atom. The lowest BCUT2D eigenvalue weighted by atomic mass is 10.1. The molecule has 0 amide bonds. The summed E-state index contributed by atoms with van der Waals surface area (Å²) in [7, 11) is 0. The molecule has 0 saturated heterocycles. The second-order valence-corrected chi connectivity index (χ2v) is 6.92. The number of nitriles is 2. The smallest absolute Gasteiger partial charge is 0.247 e. The predicted octanol–water partition coefficient (Wildman–Crippen LogP) is 4.65. The van der Waals surface area contributed by atoms with E-state index in [1.165, 1.54) is 0 Å². The summed E-state index contributed by atoms with van der Waals surface area (Å²) in [6.07, 6.45) is 1.56. The summed E-state index contributed by atoms with van der Waals surface area (Å²) in [5, 5.41) is 27.1. The average Bonchev–Trinajstić information content (AvgIpc) is 3.38. The number of halogens is 1. The van der Waals surface area contributed by atoms with Crippen molar-refractivity contribution in [1.29, 1.82) is 10.5 Å². The molecule has 138 valence electrons. The van der Waals surface area contributed by atoms with E-state index in [4.69, 9.17) is 21.3 Å². The zero-order valence-corrected chi connectivity index (χ0v) is 15.9. The first-order valence-corrected chi connectivity index (χ1v) is 9.36. The van der Waals surface area contributed by atoms with E-state index in [1.54, 1.807) is 30.3 Å². The van der Waals surface area contributed by atoms with E-state index in [0.29, 0.717) is 27.9 Å². The third kappa shape index (κ3) is 2.98. The normalized spacial score (nSPS) is 13.6. The summed E-state index contributed by atoms with van der Waals surface area (Å²) in [5.74, 6) is 0.963. The molecule has 1 aromatic heterocycles. The van der Waals surface area contributed by atoms with Crippen molar-refractivity contribution in [3.05, 3.63) is 64.0 Å². The van der Waals surface area contributed by atoms with Crippen molar-refractivity contribution in [3.63, 3.8) is 0 Å². The fraction of sp³-hybridized carbons (Fsp3) is 0.238. The molecule has 2 heterocycles. The van der Waals surface area contributed by atoms with Gasteiger partial charge in [-0.2, -0.15) is 10.5 Å². The van der Waals surface area contributed by atoms with E-state index in [1.807, 2.05) is 6.07 Å². The molecule has 0 saturated carbocycles. The van der Waals surface area contributed by atoms with Gasteiger partial charge in [-0.25, -0.2) is 0 Å². The van der Waals surface area contributed by atoms with Gasteiger partial charge in [0.2, 0.25) is 11.8 Å². The number of hydrogen-bond acceptors (Lipinski definition) is 6. The van der Waals surface area contributed by atoms with Crippen LogP contribution in [0.4, 0.5) is 5.69 Å². The van der Waals surface area contributed by atoms with Crippen LogP contribution in [0, 0.1) is 22.7 Å². The van der Waals surface area contributed by atoms with Crippen LogP contribution in [-0.4, -0.2) is 16.7 Å². The Kier molecular flexibility index (Phi) is 4.73. The molecule has 0 radical (unpaired) electrons. The van der Waals surface area contributed by atoms with Crippen molar-refractivity contribution in [3.8, 4) is 23.6 Å². The molecule has 1 aliphatic rings. The van der Waals surface area contributed by atoms with Crippen molar-refractivity contribution in [2.24, 2.45) is 0 Å². The third-order valence-electron chi connectivity index (χ3n) is 5.00. The van der Waals surface area contributed by atoms with Gasteiger partial charge in [-0.05, 0) is 54.8 Å². The highest BCUT2D eigenvalue weighted by Crippen LogP contribution is 2.41. The van der Waals surface area contributed by atoms with Crippen LogP contribution in [-0.2, 0) is 6.42 Å².